The van der Waals surface area contributed by atoms with Gasteiger partial charge in [0, 0.05) is 18.2 Å². The first-order chi connectivity index (χ1) is 12.9. The molecule has 5 heteroatoms. The number of hydrogen-bond donors (Lipinski definition) is 0. The molecule has 0 amide bonds. The van der Waals surface area contributed by atoms with Crippen LogP contribution in [0, 0.1) is 0 Å². The Morgan fingerprint density at radius 2 is 1.56 bits per heavy atom. The Hall–Kier alpha value is -2.92. The first-order valence-electron chi connectivity index (χ1n) is 8.63. The van der Waals surface area contributed by atoms with E-state index in [2.05, 4.69) is 0 Å². The van der Waals surface area contributed by atoms with Crippen LogP contribution in [0.2, 0.25) is 0 Å². The summed E-state index contributed by atoms with van der Waals surface area (Å²) in [5.41, 5.74) is 3.13. The van der Waals surface area contributed by atoms with Gasteiger partial charge in [-0.3, -0.25) is 0 Å². The molecule has 0 bridgehead atoms. The Labute approximate surface area is 158 Å². The van der Waals surface area contributed by atoms with Crippen molar-refractivity contribution in [3.05, 3.63) is 83.4 Å². The highest BCUT2D eigenvalue weighted by Gasteiger charge is 2.25. The molecule has 0 N–H and O–H groups in total. The van der Waals surface area contributed by atoms with Crippen molar-refractivity contribution in [2.75, 3.05) is 12.9 Å². The smallest absolute Gasteiger partial charge is 0.334 e. The molecule has 1 fully saturated rings. The summed E-state index contributed by atoms with van der Waals surface area (Å²) in [5, 5.41) is 2.19. The molecule has 0 saturated carbocycles. The summed E-state index contributed by atoms with van der Waals surface area (Å²) in [6.45, 7) is 0.368. The van der Waals surface area contributed by atoms with Crippen LogP contribution in [0.5, 0.6) is 0 Å². The Morgan fingerprint density at radius 1 is 0.889 bits per heavy atom. The second kappa shape index (κ2) is 6.67. The number of hydrogen-bond acceptors (Lipinski definition) is 4. The van der Waals surface area contributed by atoms with Gasteiger partial charge in [0.2, 0.25) is 0 Å². The highest BCUT2D eigenvalue weighted by molar-refractivity contribution is 7.90. The highest BCUT2D eigenvalue weighted by Crippen LogP contribution is 2.33. The number of ether oxygens (including phenoxy) is 1. The SMILES string of the molecule is CS(=O)(=O)c1ccc(/C(=C2\CCOC2=O)c2ccc3ccccc3c2)cc1. The summed E-state index contributed by atoms with van der Waals surface area (Å²) in [6, 6.07) is 20.7. The number of esters is 1. The maximum Gasteiger partial charge on any atom is 0.334 e. The van der Waals surface area contributed by atoms with Crippen LogP contribution in [0.25, 0.3) is 16.3 Å². The third-order valence-electron chi connectivity index (χ3n) is 4.74. The van der Waals surface area contributed by atoms with Crippen molar-refractivity contribution in [3.8, 4) is 0 Å². The van der Waals surface area contributed by atoms with Gasteiger partial charge in [-0.05, 0) is 45.7 Å². The van der Waals surface area contributed by atoms with Gasteiger partial charge in [-0.15, -0.1) is 0 Å². The number of cyclic esters (lactones) is 1. The standard InChI is InChI=1S/C22H18O4S/c1-27(24,25)19-10-8-16(9-11-19)21(20-12-13-26-22(20)23)18-7-6-15-4-2-3-5-17(15)14-18/h2-11,14H,12-13H2,1H3/b21-20-. The van der Waals surface area contributed by atoms with E-state index in [-0.39, 0.29) is 10.9 Å². The van der Waals surface area contributed by atoms with E-state index in [4.69, 9.17) is 4.74 Å². The molecule has 27 heavy (non-hydrogen) atoms. The zero-order valence-electron chi connectivity index (χ0n) is 14.8. The maximum atomic E-state index is 12.3. The van der Waals surface area contributed by atoms with Crippen LogP contribution in [0.1, 0.15) is 17.5 Å². The third kappa shape index (κ3) is 3.38. The van der Waals surface area contributed by atoms with Gasteiger partial charge >= 0.3 is 5.97 Å². The monoisotopic (exact) mass is 378 g/mol. The number of fused-ring (bicyclic) bond motifs is 1. The van der Waals surface area contributed by atoms with Crippen LogP contribution in [-0.2, 0) is 19.4 Å². The summed E-state index contributed by atoms with van der Waals surface area (Å²) in [5.74, 6) is -0.314. The van der Waals surface area contributed by atoms with E-state index >= 15 is 0 Å². The van der Waals surface area contributed by atoms with Crippen LogP contribution in [0.15, 0.2) is 77.2 Å². The zero-order chi connectivity index (χ0) is 19.0. The summed E-state index contributed by atoms with van der Waals surface area (Å²) >= 11 is 0. The Bertz CT molecular complexity index is 1170. The molecule has 1 saturated heterocycles. The minimum Gasteiger partial charge on any atom is -0.462 e. The Balaban J connectivity index is 1.91. The van der Waals surface area contributed by atoms with Gasteiger partial charge in [0.1, 0.15) is 0 Å². The average Bonchev–Trinajstić information content (AvgIpc) is 3.07. The molecule has 3 aromatic rings. The third-order valence-corrected chi connectivity index (χ3v) is 5.87. The van der Waals surface area contributed by atoms with Gasteiger partial charge in [0.25, 0.3) is 0 Å². The summed E-state index contributed by atoms with van der Waals surface area (Å²) in [7, 11) is -3.28. The zero-order valence-corrected chi connectivity index (χ0v) is 15.6. The fraction of sp³-hybridized carbons (Fsp3) is 0.136. The summed E-state index contributed by atoms with van der Waals surface area (Å²) in [6.07, 6.45) is 1.72. The molecule has 0 aromatic heterocycles. The fourth-order valence-electron chi connectivity index (χ4n) is 3.39. The average molecular weight is 378 g/mol. The van der Waals surface area contributed by atoms with Crippen molar-refractivity contribution < 1.29 is 17.9 Å². The van der Waals surface area contributed by atoms with Crippen LogP contribution in [-0.4, -0.2) is 27.2 Å². The molecule has 4 nitrogen and oxygen atoms in total. The molecule has 4 rings (SSSR count). The minimum absolute atomic E-state index is 0.253. The quantitative estimate of drug-likeness (QED) is 0.511. The molecular formula is C22H18O4S. The Morgan fingerprint density at radius 3 is 2.19 bits per heavy atom. The number of rotatable bonds is 3. The van der Waals surface area contributed by atoms with Gasteiger partial charge in [0.05, 0.1) is 11.5 Å². The molecule has 136 valence electrons. The fourth-order valence-corrected chi connectivity index (χ4v) is 4.02. The lowest BCUT2D eigenvalue weighted by Gasteiger charge is -2.13. The summed E-state index contributed by atoms with van der Waals surface area (Å²) in [4.78, 5) is 12.5. The van der Waals surface area contributed by atoms with Gasteiger partial charge in [-0.1, -0.05) is 48.5 Å². The number of carbonyl (C=O) groups is 1. The topological polar surface area (TPSA) is 60.4 Å². The predicted molar refractivity (Wildman–Crippen MR) is 105 cm³/mol. The predicted octanol–water partition coefficient (Wildman–Crippen LogP) is 3.99. The van der Waals surface area contributed by atoms with Crippen molar-refractivity contribution in [2.45, 2.75) is 11.3 Å². The molecule has 1 heterocycles. The van der Waals surface area contributed by atoms with E-state index in [9.17, 15) is 13.2 Å². The van der Waals surface area contributed by atoms with Gasteiger partial charge in [-0.2, -0.15) is 0 Å². The van der Waals surface area contributed by atoms with Crippen LogP contribution >= 0.6 is 0 Å². The lowest BCUT2D eigenvalue weighted by atomic mass is 9.91. The van der Waals surface area contributed by atoms with Gasteiger partial charge < -0.3 is 4.74 Å². The van der Waals surface area contributed by atoms with Gasteiger partial charge in [0.15, 0.2) is 9.84 Å². The van der Waals surface area contributed by atoms with Crippen LogP contribution < -0.4 is 0 Å². The van der Waals surface area contributed by atoms with E-state index in [1.807, 2.05) is 42.5 Å². The van der Waals surface area contributed by atoms with Crippen LogP contribution in [0.4, 0.5) is 0 Å². The molecule has 0 spiro atoms. The van der Waals surface area contributed by atoms with E-state index in [1.54, 1.807) is 24.3 Å². The first kappa shape index (κ1) is 17.5. The molecule has 0 aliphatic carbocycles. The molecular weight excluding hydrogens is 360 g/mol. The molecule has 0 unspecified atom stereocenters. The number of benzene rings is 3. The molecule has 3 aromatic carbocycles. The molecule has 1 aliphatic heterocycles. The molecule has 0 radical (unpaired) electrons. The highest BCUT2D eigenvalue weighted by atomic mass is 32.2. The largest absolute Gasteiger partial charge is 0.462 e. The van der Waals surface area contributed by atoms with Crippen molar-refractivity contribution in [3.63, 3.8) is 0 Å². The maximum absolute atomic E-state index is 12.3. The van der Waals surface area contributed by atoms with E-state index in [0.717, 1.165) is 27.5 Å². The van der Waals surface area contributed by atoms with Crippen molar-refractivity contribution >= 4 is 32.2 Å². The van der Waals surface area contributed by atoms with Gasteiger partial charge in [-0.25, -0.2) is 13.2 Å². The first-order valence-corrected chi connectivity index (χ1v) is 10.5. The second-order valence-corrected chi connectivity index (χ2v) is 8.61. The summed E-state index contributed by atoms with van der Waals surface area (Å²) < 4.78 is 28.7. The van der Waals surface area contributed by atoms with Crippen molar-refractivity contribution in [1.29, 1.82) is 0 Å². The van der Waals surface area contributed by atoms with Crippen molar-refractivity contribution in [1.82, 2.24) is 0 Å². The van der Waals surface area contributed by atoms with E-state index < -0.39 is 9.84 Å². The normalized spacial score (nSPS) is 16.4. The van der Waals surface area contributed by atoms with Crippen LogP contribution in [0.3, 0.4) is 0 Å². The lowest BCUT2D eigenvalue weighted by Crippen LogP contribution is -2.02. The van der Waals surface area contributed by atoms with E-state index in [0.29, 0.717) is 18.6 Å². The van der Waals surface area contributed by atoms with E-state index in [1.165, 1.54) is 6.26 Å². The lowest BCUT2D eigenvalue weighted by molar-refractivity contribution is -0.135. The minimum atomic E-state index is -3.28. The Kier molecular flexibility index (Phi) is 4.32. The molecule has 1 aliphatic rings. The second-order valence-electron chi connectivity index (χ2n) is 6.60. The number of sulfone groups is 1. The van der Waals surface area contributed by atoms with Crippen molar-refractivity contribution in [2.24, 2.45) is 0 Å². The molecule has 0 atom stereocenters. The number of carbonyl (C=O) groups excluding carboxylic acids is 1.